The maximum Gasteiger partial charge on any atom is 0.255 e. The second-order valence-electron chi connectivity index (χ2n) is 5.35. The molecule has 0 atom stereocenters. The first-order chi connectivity index (χ1) is 11.7. The Balaban J connectivity index is 1.73. The Morgan fingerprint density at radius 1 is 1.04 bits per heavy atom. The molecule has 5 heteroatoms. The molecule has 0 spiro atoms. The number of ether oxygens (including phenoxy) is 1. The van der Waals surface area contributed by atoms with E-state index < -0.39 is 0 Å². The van der Waals surface area contributed by atoms with E-state index in [1.54, 1.807) is 43.8 Å². The lowest BCUT2D eigenvalue weighted by Gasteiger charge is -2.07. The smallest absolute Gasteiger partial charge is 0.255 e. The van der Waals surface area contributed by atoms with Crippen LogP contribution in [0.25, 0.3) is 11.4 Å². The van der Waals surface area contributed by atoms with E-state index in [2.05, 4.69) is 15.3 Å². The highest BCUT2D eigenvalue weighted by molar-refractivity contribution is 6.04. The van der Waals surface area contributed by atoms with Gasteiger partial charge in [0.2, 0.25) is 0 Å². The molecule has 1 N–H and O–H groups in total. The van der Waals surface area contributed by atoms with E-state index in [0.29, 0.717) is 22.8 Å². The first-order valence-corrected chi connectivity index (χ1v) is 7.50. The van der Waals surface area contributed by atoms with Gasteiger partial charge in [-0.2, -0.15) is 0 Å². The van der Waals surface area contributed by atoms with E-state index >= 15 is 0 Å². The average Bonchev–Trinajstić information content (AvgIpc) is 2.63. The van der Waals surface area contributed by atoms with Crippen LogP contribution in [0.3, 0.4) is 0 Å². The minimum atomic E-state index is -0.236. The first-order valence-electron chi connectivity index (χ1n) is 7.50. The van der Waals surface area contributed by atoms with Crippen LogP contribution in [0, 0.1) is 6.92 Å². The largest absolute Gasteiger partial charge is 0.497 e. The highest BCUT2D eigenvalue weighted by Crippen LogP contribution is 2.17. The molecule has 0 unspecified atom stereocenters. The van der Waals surface area contributed by atoms with Crippen LogP contribution in [0.4, 0.5) is 5.69 Å². The predicted octanol–water partition coefficient (Wildman–Crippen LogP) is 3.71. The zero-order valence-electron chi connectivity index (χ0n) is 13.5. The minimum Gasteiger partial charge on any atom is -0.497 e. The van der Waals surface area contributed by atoms with Gasteiger partial charge in [0, 0.05) is 11.1 Å². The number of nitrogens with one attached hydrogen (secondary N) is 1. The van der Waals surface area contributed by atoms with Crippen molar-refractivity contribution in [2.45, 2.75) is 6.92 Å². The third-order valence-corrected chi connectivity index (χ3v) is 3.55. The normalized spacial score (nSPS) is 10.2. The number of carbonyl (C=O) groups is 1. The number of rotatable bonds is 4. The van der Waals surface area contributed by atoms with Crippen LogP contribution in [0.15, 0.2) is 60.9 Å². The molecule has 1 aromatic heterocycles. The van der Waals surface area contributed by atoms with E-state index in [9.17, 15) is 4.79 Å². The van der Waals surface area contributed by atoms with Crippen molar-refractivity contribution in [2.75, 3.05) is 12.4 Å². The quantitative estimate of drug-likeness (QED) is 0.796. The van der Waals surface area contributed by atoms with Crippen molar-refractivity contribution in [1.82, 2.24) is 9.97 Å². The molecule has 5 nitrogen and oxygen atoms in total. The molecule has 0 aliphatic heterocycles. The molecule has 2 aromatic carbocycles. The third-order valence-electron chi connectivity index (χ3n) is 3.55. The monoisotopic (exact) mass is 319 g/mol. The summed E-state index contributed by atoms with van der Waals surface area (Å²) in [5, 5.41) is 2.78. The summed E-state index contributed by atoms with van der Waals surface area (Å²) >= 11 is 0. The molecule has 0 bridgehead atoms. The van der Waals surface area contributed by atoms with Crippen molar-refractivity contribution in [1.29, 1.82) is 0 Å². The molecule has 3 rings (SSSR count). The van der Waals surface area contributed by atoms with Gasteiger partial charge in [0.25, 0.3) is 5.91 Å². The fourth-order valence-electron chi connectivity index (χ4n) is 2.21. The van der Waals surface area contributed by atoms with Crippen molar-refractivity contribution in [3.05, 3.63) is 72.1 Å². The number of carbonyl (C=O) groups excluding carboxylic acids is 1. The number of methoxy groups -OCH3 is 1. The molecule has 1 amide bonds. The Labute approximate surface area is 140 Å². The lowest BCUT2D eigenvalue weighted by molar-refractivity contribution is 0.102. The topological polar surface area (TPSA) is 64.1 Å². The Morgan fingerprint density at radius 3 is 2.42 bits per heavy atom. The van der Waals surface area contributed by atoms with E-state index in [4.69, 9.17) is 4.74 Å². The highest BCUT2D eigenvalue weighted by Gasteiger charge is 2.08. The van der Waals surface area contributed by atoms with Gasteiger partial charge in [-0.1, -0.05) is 35.9 Å². The summed E-state index contributed by atoms with van der Waals surface area (Å²) in [5.74, 6) is 1.02. The second kappa shape index (κ2) is 6.91. The number of aryl methyl sites for hydroxylation is 1. The summed E-state index contributed by atoms with van der Waals surface area (Å²) < 4.78 is 5.12. The van der Waals surface area contributed by atoms with Gasteiger partial charge in [-0.25, -0.2) is 9.97 Å². The molecule has 0 radical (unpaired) electrons. The van der Waals surface area contributed by atoms with Gasteiger partial charge in [-0.3, -0.25) is 4.79 Å². The zero-order valence-corrected chi connectivity index (χ0v) is 13.5. The van der Waals surface area contributed by atoms with E-state index in [-0.39, 0.29) is 5.91 Å². The molecular weight excluding hydrogens is 302 g/mol. The summed E-state index contributed by atoms with van der Waals surface area (Å²) in [5.41, 5.74) is 3.17. The Hall–Kier alpha value is -3.21. The summed E-state index contributed by atoms with van der Waals surface area (Å²) in [7, 11) is 1.56. The van der Waals surface area contributed by atoms with Crippen LogP contribution in [0.1, 0.15) is 15.9 Å². The van der Waals surface area contributed by atoms with Gasteiger partial charge in [-0.05, 0) is 25.1 Å². The van der Waals surface area contributed by atoms with Crippen LogP contribution in [-0.4, -0.2) is 23.0 Å². The first kappa shape index (κ1) is 15.7. The standard InChI is InChI=1S/C19H17N3O2/c1-13-6-8-14(9-7-13)18-20-11-16(12-21-18)22-19(23)15-4-3-5-17(10-15)24-2/h3-12H,1-2H3,(H,22,23). The zero-order chi connectivity index (χ0) is 16.9. The Morgan fingerprint density at radius 2 is 1.75 bits per heavy atom. The maximum absolute atomic E-state index is 12.3. The molecule has 0 saturated heterocycles. The van der Waals surface area contributed by atoms with Gasteiger partial charge in [0.05, 0.1) is 25.2 Å². The number of benzene rings is 2. The molecule has 0 saturated carbocycles. The van der Waals surface area contributed by atoms with Crippen molar-refractivity contribution in [2.24, 2.45) is 0 Å². The number of hydrogen-bond acceptors (Lipinski definition) is 4. The molecule has 0 fully saturated rings. The Bertz CT molecular complexity index is 843. The van der Waals surface area contributed by atoms with Crippen LogP contribution in [0.5, 0.6) is 5.75 Å². The maximum atomic E-state index is 12.3. The molecule has 1 heterocycles. The van der Waals surface area contributed by atoms with Crippen molar-refractivity contribution >= 4 is 11.6 Å². The summed E-state index contributed by atoms with van der Waals surface area (Å²) in [6.07, 6.45) is 3.19. The van der Waals surface area contributed by atoms with Gasteiger partial charge in [0.15, 0.2) is 5.82 Å². The number of nitrogens with zero attached hydrogens (tertiary/aromatic N) is 2. The fourth-order valence-corrected chi connectivity index (χ4v) is 2.21. The van der Waals surface area contributed by atoms with Gasteiger partial charge in [0.1, 0.15) is 5.75 Å². The van der Waals surface area contributed by atoms with Gasteiger partial charge in [-0.15, -0.1) is 0 Å². The molecular formula is C19H17N3O2. The minimum absolute atomic E-state index is 0.236. The SMILES string of the molecule is COc1cccc(C(=O)Nc2cnc(-c3ccc(C)cc3)nc2)c1. The summed E-state index contributed by atoms with van der Waals surface area (Å²) in [4.78, 5) is 20.9. The lowest BCUT2D eigenvalue weighted by Crippen LogP contribution is -2.12. The third kappa shape index (κ3) is 3.57. The number of anilines is 1. The summed E-state index contributed by atoms with van der Waals surface area (Å²) in [6, 6.07) is 14.9. The molecule has 3 aromatic rings. The van der Waals surface area contributed by atoms with E-state index in [1.165, 1.54) is 5.56 Å². The highest BCUT2D eigenvalue weighted by atomic mass is 16.5. The number of amides is 1. The van der Waals surface area contributed by atoms with Gasteiger partial charge < -0.3 is 10.1 Å². The van der Waals surface area contributed by atoms with Crippen LogP contribution in [-0.2, 0) is 0 Å². The van der Waals surface area contributed by atoms with Crippen LogP contribution >= 0.6 is 0 Å². The number of hydrogen-bond donors (Lipinski definition) is 1. The van der Waals surface area contributed by atoms with E-state index in [1.807, 2.05) is 31.2 Å². The van der Waals surface area contributed by atoms with Crippen LogP contribution in [0.2, 0.25) is 0 Å². The summed E-state index contributed by atoms with van der Waals surface area (Å²) in [6.45, 7) is 2.03. The average molecular weight is 319 g/mol. The Kier molecular flexibility index (Phi) is 4.52. The molecule has 24 heavy (non-hydrogen) atoms. The molecule has 0 aliphatic rings. The predicted molar refractivity (Wildman–Crippen MR) is 93.2 cm³/mol. The molecule has 120 valence electrons. The lowest BCUT2D eigenvalue weighted by atomic mass is 10.1. The number of aromatic nitrogens is 2. The van der Waals surface area contributed by atoms with Gasteiger partial charge >= 0.3 is 0 Å². The van der Waals surface area contributed by atoms with Crippen LogP contribution < -0.4 is 10.1 Å². The van der Waals surface area contributed by atoms with Crippen molar-refractivity contribution < 1.29 is 9.53 Å². The van der Waals surface area contributed by atoms with Crippen molar-refractivity contribution in [3.8, 4) is 17.1 Å². The fraction of sp³-hybridized carbons (Fsp3) is 0.105. The molecule has 0 aliphatic carbocycles. The van der Waals surface area contributed by atoms with Crippen molar-refractivity contribution in [3.63, 3.8) is 0 Å². The second-order valence-corrected chi connectivity index (χ2v) is 5.35. The van der Waals surface area contributed by atoms with E-state index in [0.717, 1.165) is 5.56 Å².